The Bertz CT molecular complexity index is 762. The number of methoxy groups -OCH3 is 1. The van der Waals surface area contributed by atoms with Gasteiger partial charge in [0.05, 0.1) is 24.3 Å². The van der Waals surface area contributed by atoms with Crippen molar-refractivity contribution in [3.05, 3.63) is 41.1 Å². The van der Waals surface area contributed by atoms with Crippen molar-refractivity contribution in [2.45, 2.75) is 25.2 Å². The van der Waals surface area contributed by atoms with Crippen LogP contribution in [0.5, 0.6) is 5.75 Å². The van der Waals surface area contributed by atoms with Crippen LogP contribution >= 0.6 is 0 Å². The maximum atomic E-state index is 12.6. The average Bonchev–Trinajstić information content (AvgIpc) is 2.94. The maximum absolute atomic E-state index is 12.6. The molecule has 3 aliphatic rings. The largest absolute Gasteiger partial charge is 0.497 e. The van der Waals surface area contributed by atoms with Gasteiger partial charge in [0.25, 0.3) is 0 Å². The molecule has 4 rings (SSSR count). The van der Waals surface area contributed by atoms with Gasteiger partial charge < -0.3 is 9.47 Å². The molecule has 118 valence electrons. The number of carbonyl (C=O) groups excluding carboxylic acids is 2. The molecule has 0 radical (unpaired) electrons. The van der Waals surface area contributed by atoms with Gasteiger partial charge in [-0.2, -0.15) is 0 Å². The maximum Gasteiger partial charge on any atom is 0.337 e. The third kappa shape index (κ3) is 2.19. The fraction of sp³-hybridized carbons (Fsp3) is 0.389. The third-order valence-corrected chi connectivity index (χ3v) is 4.81. The normalized spacial score (nSPS) is 26.4. The Labute approximate surface area is 134 Å². The highest BCUT2D eigenvalue weighted by atomic mass is 16.5. The van der Waals surface area contributed by atoms with E-state index in [1.54, 1.807) is 7.11 Å². The summed E-state index contributed by atoms with van der Waals surface area (Å²) in [5, 5.41) is 0. The topological polar surface area (TPSA) is 65.0 Å². The van der Waals surface area contributed by atoms with Crippen LogP contribution in [0, 0.1) is 5.92 Å². The second kappa shape index (κ2) is 5.33. The molecule has 5 heteroatoms. The number of rotatable bonds is 2. The number of ether oxygens (including phenoxy) is 2. The fourth-order valence-electron chi connectivity index (χ4n) is 3.78. The van der Waals surface area contributed by atoms with E-state index >= 15 is 0 Å². The summed E-state index contributed by atoms with van der Waals surface area (Å²) in [4.78, 5) is 29.4. The predicted octanol–water partition coefficient (Wildman–Crippen LogP) is 2.41. The van der Waals surface area contributed by atoms with Gasteiger partial charge in [0.15, 0.2) is 0 Å². The number of ketones is 1. The average molecular weight is 311 g/mol. The molecule has 2 heterocycles. The smallest absolute Gasteiger partial charge is 0.337 e. The zero-order valence-corrected chi connectivity index (χ0v) is 12.9. The van der Waals surface area contributed by atoms with E-state index in [0.717, 1.165) is 24.1 Å². The summed E-state index contributed by atoms with van der Waals surface area (Å²) in [5.41, 5.74) is 3.03. The van der Waals surface area contributed by atoms with E-state index in [1.165, 1.54) is 0 Å². The van der Waals surface area contributed by atoms with Crippen LogP contribution in [-0.2, 0) is 14.3 Å². The Hall–Kier alpha value is -2.43. The van der Waals surface area contributed by atoms with Crippen molar-refractivity contribution in [3.63, 3.8) is 0 Å². The van der Waals surface area contributed by atoms with Crippen LogP contribution in [-0.4, -0.2) is 31.2 Å². The number of cyclic esters (lactones) is 1. The number of fused-ring (bicyclic) bond motifs is 1. The first-order chi connectivity index (χ1) is 11.2. The number of nitrogens with zero attached hydrogens (tertiary/aromatic N) is 1. The van der Waals surface area contributed by atoms with Crippen LogP contribution in [0.3, 0.4) is 0 Å². The quantitative estimate of drug-likeness (QED) is 0.787. The summed E-state index contributed by atoms with van der Waals surface area (Å²) in [6, 6.07) is 7.57. The van der Waals surface area contributed by atoms with E-state index < -0.39 is 0 Å². The van der Waals surface area contributed by atoms with Crippen LogP contribution in [0.4, 0.5) is 0 Å². The van der Waals surface area contributed by atoms with Crippen molar-refractivity contribution >= 4 is 17.5 Å². The van der Waals surface area contributed by atoms with Crippen LogP contribution in [0.15, 0.2) is 40.5 Å². The summed E-state index contributed by atoms with van der Waals surface area (Å²) < 4.78 is 10.5. The molecule has 0 saturated heterocycles. The molecular weight excluding hydrogens is 294 g/mol. The summed E-state index contributed by atoms with van der Waals surface area (Å²) in [6.45, 7) is 0.207. The van der Waals surface area contributed by atoms with Crippen LogP contribution in [0.25, 0.3) is 0 Å². The Balaban J connectivity index is 1.88. The Morgan fingerprint density at radius 1 is 1.22 bits per heavy atom. The van der Waals surface area contributed by atoms with Gasteiger partial charge in [-0.15, -0.1) is 0 Å². The number of aliphatic imine (C=N–C) groups is 1. The monoisotopic (exact) mass is 311 g/mol. The number of hydrogen-bond acceptors (Lipinski definition) is 5. The van der Waals surface area contributed by atoms with Crippen LogP contribution in [0.2, 0.25) is 0 Å². The van der Waals surface area contributed by atoms with E-state index in [2.05, 4.69) is 4.99 Å². The highest BCUT2D eigenvalue weighted by Crippen LogP contribution is 2.45. The van der Waals surface area contributed by atoms with Gasteiger partial charge in [-0.25, -0.2) is 4.79 Å². The Kier molecular flexibility index (Phi) is 3.29. The molecule has 0 aromatic heterocycles. The SMILES string of the molecule is COc1cccc(C2C3=C(COC3=O)N=C3CCCC(=O)C32)c1. The minimum Gasteiger partial charge on any atom is -0.497 e. The first-order valence-corrected chi connectivity index (χ1v) is 7.83. The molecule has 0 spiro atoms. The molecule has 2 unspecified atom stereocenters. The highest BCUT2D eigenvalue weighted by Gasteiger charge is 2.46. The lowest BCUT2D eigenvalue weighted by molar-refractivity contribution is -0.136. The zero-order valence-electron chi connectivity index (χ0n) is 12.9. The lowest BCUT2D eigenvalue weighted by atomic mass is 9.70. The van der Waals surface area contributed by atoms with Gasteiger partial charge >= 0.3 is 5.97 Å². The van der Waals surface area contributed by atoms with Crippen molar-refractivity contribution in [2.75, 3.05) is 13.7 Å². The standard InChI is InChI=1S/C18H17NO4/c1-22-11-5-2-4-10(8-11)15-16-12(6-3-7-14(16)20)19-13-9-23-18(21)17(13)15/h2,4-5,8,15-16H,3,6-7,9H2,1H3. The fourth-order valence-corrected chi connectivity index (χ4v) is 3.78. The number of hydrogen-bond donors (Lipinski definition) is 0. The molecule has 1 aromatic carbocycles. The van der Waals surface area contributed by atoms with Gasteiger partial charge in [-0.1, -0.05) is 12.1 Å². The summed E-state index contributed by atoms with van der Waals surface area (Å²) >= 11 is 0. The zero-order chi connectivity index (χ0) is 16.0. The number of Topliss-reactive ketones (excluding diaryl/α,β-unsaturated/α-hetero) is 1. The second-order valence-electron chi connectivity index (χ2n) is 6.09. The van der Waals surface area contributed by atoms with Gasteiger partial charge in [-0.3, -0.25) is 9.79 Å². The summed E-state index contributed by atoms with van der Waals surface area (Å²) in [7, 11) is 1.60. The molecule has 1 aliphatic carbocycles. The van der Waals surface area contributed by atoms with Crippen LogP contribution in [0.1, 0.15) is 30.7 Å². The second-order valence-corrected chi connectivity index (χ2v) is 6.09. The first-order valence-electron chi connectivity index (χ1n) is 7.83. The lowest BCUT2D eigenvalue weighted by Gasteiger charge is -2.33. The van der Waals surface area contributed by atoms with E-state index in [-0.39, 0.29) is 30.2 Å². The van der Waals surface area contributed by atoms with E-state index in [1.807, 2.05) is 24.3 Å². The molecular formula is C18H17NO4. The van der Waals surface area contributed by atoms with Crippen molar-refractivity contribution in [3.8, 4) is 5.75 Å². The highest BCUT2D eigenvalue weighted by molar-refractivity contribution is 6.12. The molecule has 1 saturated carbocycles. The predicted molar refractivity (Wildman–Crippen MR) is 83.5 cm³/mol. The Morgan fingerprint density at radius 3 is 2.91 bits per heavy atom. The van der Waals surface area contributed by atoms with Crippen molar-refractivity contribution < 1.29 is 19.1 Å². The van der Waals surface area contributed by atoms with Crippen molar-refractivity contribution in [1.29, 1.82) is 0 Å². The van der Waals surface area contributed by atoms with Gasteiger partial charge in [0.2, 0.25) is 0 Å². The number of carbonyl (C=O) groups is 2. The molecule has 1 fully saturated rings. The summed E-state index contributed by atoms with van der Waals surface area (Å²) in [5.74, 6) is -0.137. The number of esters is 1. The van der Waals surface area contributed by atoms with Gasteiger partial charge in [-0.05, 0) is 30.5 Å². The Morgan fingerprint density at radius 2 is 2.09 bits per heavy atom. The minimum absolute atomic E-state index is 0.161. The molecule has 1 aromatic rings. The number of benzene rings is 1. The molecule has 0 N–H and O–H groups in total. The van der Waals surface area contributed by atoms with E-state index in [4.69, 9.17) is 9.47 Å². The van der Waals surface area contributed by atoms with Crippen molar-refractivity contribution in [2.24, 2.45) is 10.9 Å². The summed E-state index contributed by atoms with van der Waals surface area (Å²) in [6.07, 6.45) is 2.18. The van der Waals surface area contributed by atoms with Crippen LogP contribution < -0.4 is 4.74 Å². The lowest BCUT2D eigenvalue weighted by Crippen LogP contribution is -2.38. The molecule has 5 nitrogen and oxygen atoms in total. The molecule has 2 atom stereocenters. The molecule has 23 heavy (non-hydrogen) atoms. The van der Waals surface area contributed by atoms with E-state index in [0.29, 0.717) is 23.4 Å². The minimum atomic E-state index is -0.353. The van der Waals surface area contributed by atoms with E-state index in [9.17, 15) is 9.59 Å². The van der Waals surface area contributed by atoms with Crippen molar-refractivity contribution in [1.82, 2.24) is 0 Å². The van der Waals surface area contributed by atoms with Gasteiger partial charge in [0, 0.05) is 18.1 Å². The third-order valence-electron chi connectivity index (χ3n) is 4.81. The molecule has 0 bridgehead atoms. The van der Waals surface area contributed by atoms with Gasteiger partial charge in [0.1, 0.15) is 18.1 Å². The molecule has 0 amide bonds. The first kappa shape index (κ1) is 14.2. The molecule has 2 aliphatic heterocycles.